The highest BCUT2D eigenvalue weighted by molar-refractivity contribution is 5.47. The van der Waals surface area contributed by atoms with Crippen molar-refractivity contribution < 1.29 is 0 Å². The zero-order chi connectivity index (χ0) is 13.5. The predicted molar refractivity (Wildman–Crippen MR) is 83.6 cm³/mol. The molecule has 1 aromatic rings. The molecule has 19 heavy (non-hydrogen) atoms. The van der Waals surface area contributed by atoms with Gasteiger partial charge in [-0.15, -0.1) is 0 Å². The second-order valence-electron chi connectivity index (χ2n) is 5.93. The normalized spacial score (nSPS) is 16.5. The van der Waals surface area contributed by atoms with Gasteiger partial charge in [-0.3, -0.25) is 0 Å². The van der Waals surface area contributed by atoms with E-state index in [1.165, 1.54) is 49.9 Å². The van der Waals surface area contributed by atoms with Gasteiger partial charge in [0, 0.05) is 18.8 Å². The van der Waals surface area contributed by atoms with E-state index in [-0.39, 0.29) is 0 Å². The zero-order valence-corrected chi connectivity index (χ0v) is 12.3. The molecule has 1 fully saturated rings. The maximum atomic E-state index is 5.69. The van der Waals surface area contributed by atoms with Gasteiger partial charge in [0.1, 0.15) is 0 Å². The van der Waals surface area contributed by atoms with Crippen molar-refractivity contribution in [2.45, 2.75) is 45.4 Å². The van der Waals surface area contributed by atoms with Crippen LogP contribution >= 0.6 is 0 Å². The van der Waals surface area contributed by atoms with Crippen LogP contribution in [0.5, 0.6) is 0 Å². The van der Waals surface area contributed by atoms with Crippen LogP contribution in [0.25, 0.3) is 0 Å². The van der Waals surface area contributed by atoms with E-state index in [9.17, 15) is 0 Å². The van der Waals surface area contributed by atoms with Crippen molar-refractivity contribution in [1.82, 2.24) is 0 Å². The Morgan fingerprint density at radius 2 is 1.79 bits per heavy atom. The fourth-order valence-electron chi connectivity index (χ4n) is 3.04. The monoisotopic (exact) mass is 260 g/mol. The lowest BCUT2D eigenvalue weighted by Crippen LogP contribution is -2.32. The number of nitrogens with two attached hydrogens (primary N) is 1. The second-order valence-corrected chi connectivity index (χ2v) is 5.93. The SMILES string of the molecule is Cc1ccc(N(CCCN)CC2CCCCC2)cc1. The van der Waals surface area contributed by atoms with E-state index >= 15 is 0 Å². The number of nitrogens with zero attached hydrogens (tertiary/aromatic N) is 1. The van der Waals surface area contributed by atoms with Crippen molar-refractivity contribution >= 4 is 5.69 Å². The van der Waals surface area contributed by atoms with E-state index in [0.717, 1.165) is 25.4 Å². The smallest absolute Gasteiger partial charge is 0.0366 e. The lowest BCUT2D eigenvalue weighted by atomic mass is 9.89. The molecule has 0 radical (unpaired) electrons. The summed E-state index contributed by atoms with van der Waals surface area (Å²) in [4.78, 5) is 2.54. The predicted octanol–water partition coefficient (Wildman–Crippen LogP) is 3.73. The Bertz CT molecular complexity index is 352. The van der Waals surface area contributed by atoms with Crippen molar-refractivity contribution in [2.24, 2.45) is 11.7 Å². The minimum Gasteiger partial charge on any atom is -0.371 e. The summed E-state index contributed by atoms with van der Waals surface area (Å²) in [6.07, 6.45) is 8.17. The van der Waals surface area contributed by atoms with Gasteiger partial charge in [0.2, 0.25) is 0 Å². The summed E-state index contributed by atoms with van der Waals surface area (Å²) < 4.78 is 0. The van der Waals surface area contributed by atoms with Gasteiger partial charge in [0.05, 0.1) is 0 Å². The number of anilines is 1. The van der Waals surface area contributed by atoms with Crippen molar-refractivity contribution in [3.8, 4) is 0 Å². The molecule has 0 amide bonds. The highest BCUT2D eigenvalue weighted by atomic mass is 15.1. The van der Waals surface area contributed by atoms with Crippen LogP contribution in [0.1, 0.15) is 44.1 Å². The fraction of sp³-hybridized carbons (Fsp3) is 0.647. The van der Waals surface area contributed by atoms with Gasteiger partial charge < -0.3 is 10.6 Å². The molecular formula is C17H28N2. The molecule has 0 atom stereocenters. The molecule has 0 saturated heterocycles. The third-order valence-electron chi connectivity index (χ3n) is 4.23. The number of hydrogen-bond donors (Lipinski definition) is 1. The minimum absolute atomic E-state index is 0.785. The Labute approximate surface area is 118 Å². The first-order valence-electron chi connectivity index (χ1n) is 7.81. The molecule has 2 N–H and O–H groups in total. The number of hydrogen-bond acceptors (Lipinski definition) is 2. The Hall–Kier alpha value is -1.02. The molecule has 2 rings (SSSR count). The van der Waals surface area contributed by atoms with Gasteiger partial charge in [-0.1, -0.05) is 37.0 Å². The molecule has 0 spiro atoms. The van der Waals surface area contributed by atoms with E-state index in [2.05, 4.69) is 36.1 Å². The molecule has 0 unspecified atom stereocenters. The van der Waals surface area contributed by atoms with E-state index in [1.807, 2.05) is 0 Å². The van der Waals surface area contributed by atoms with Gasteiger partial charge >= 0.3 is 0 Å². The van der Waals surface area contributed by atoms with Gasteiger partial charge in [0.25, 0.3) is 0 Å². The molecule has 2 nitrogen and oxygen atoms in total. The molecule has 2 heteroatoms. The molecule has 0 bridgehead atoms. The first kappa shape index (κ1) is 14.4. The summed E-state index contributed by atoms with van der Waals surface area (Å²) in [5, 5.41) is 0. The largest absolute Gasteiger partial charge is 0.371 e. The number of aryl methyl sites for hydroxylation is 1. The van der Waals surface area contributed by atoms with Crippen molar-refractivity contribution in [2.75, 3.05) is 24.5 Å². The van der Waals surface area contributed by atoms with Crippen LogP contribution in [0.2, 0.25) is 0 Å². The Morgan fingerprint density at radius 3 is 2.42 bits per heavy atom. The molecule has 1 saturated carbocycles. The summed E-state index contributed by atoms with van der Waals surface area (Å²) in [7, 11) is 0. The third kappa shape index (κ3) is 4.54. The molecule has 0 aliphatic heterocycles. The fourth-order valence-corrected chi connectivity index (χ4v) is 3.04. The first-order chi connectivity index (χ1) is 9.29. The second kappa shape index (κ2) is 7.54. The summed E-state index contributed by atoms with van der Waals surface area (Å²) in [6.45, 7) is 5.24. The average molecular weight is 260 g/mol. The maximum absolute atomic E-state index is 5.69. The standard InChI is InChI=1S/C17H28N2/c1-15-8-10-17(11-9-15)19(13-5-12-18)14-16-6-3-2-4-7-16/h8-11,16H,2-7,12-14,18H2,1H3. The van der Waals surface area contributed by atoms with E-state index in [0.29, 0.717) is 0 Å². The topological polar surface area (TPSA) is 29.3 Å². The highest BCUT2D eigenvalue weighted by Crippen LogP contribution is 2.26. The molecule has 1 aliphatic rings. The number of benzene rings is 1. The molecule has 0 aromatic heterocycles. The van der Waals surface area contributed by atoms with Crippen LogP contribution in [0, 0.1) is 12.8 Å². The number of rotatable bonds is 6. The van der Waals surface area contributed by atoms with E-state index in [1.54, 1.807) is 0 Å². The molecule has 1 aliphatic carbocycles. The lowest BCUT2D eigenvalue weighted by molar-refractivity contribution is 0.357. The van der Waals surface area contributed by atoms with Crippen LogP contribution in [0.3, 0.4) is 0 Å². The Balaban J connectivity index is 1.99. The van der Waals surface area contributed by atoms with Crippen LogP contribution in [0.4, 0.5) is 5.69 Å². The molecule has 0 heterocycles. The zero-order valence-electron chi connectivity index (χ0n) is 12.3. The van der Waals surface area contributed by atoms with Gasteiger partial charge in [0.15, 0.2) is 0 Å². The summed E-state index contributed by atoms with van der Waals surface area (Å²) in [5.74, 6) is 0.882. The van der Waals surface area contributed by atoms with Crippen LogP contribution in [0.15, 0.2) is 24.3 Å². The molecular weight excluding hydrogens is 232 g/mol. The first-order valence-corrected chi connectivity index (χ1v) is 7.81. The lowest BCUT2D eigenvalue weighted by Gasteiger charge is -2.31. The maximum Gasteiger partial charge on any atom is 0.0366 e. The van der Waals surface area contributed by atoms with Gasteiger partial charge in [-0.05, 0) is 50.8 Å². The van der Waals surface area contributed by atoms with Crippen molar-refractivity contribution in [3.63, 3.8) is 0 Å². The minimum atomic E-state index is 0.785. The summed E-state index contributed by atoms with van der Waals surface area (Å²) >= 11 is 0. The molecule has 106 valence electrons. The highest BCUT2D eigenvalue weighted by Gasteiger charge is 2.17. The Morgan fingerprint density at radius 1 is 1.11 bits per heavy atom. The van der Waals surface area contributed by atoms with Crippen molar-refractivity contribution in [3.05, 3.63) is 29.8 Å². The summed E-state index contributed by atoms with van der Waals surface area (Å²) in [5.41, 5.74) is 8.38. The third-order valence-corrected chi connectivity index (χ3v) is 4.23. The average Bonchev–Trinajstić information content (AvgIpc) is 2.45. The Kier molecular flexibility index (Phi) is 5.71. The van der Waals surface area contributed by atoms with Crippen LogP contribution in [-0.4, -0.2) is 19.6 Å². The quantitative estimate of drug-likeness (QED) is 0.844. The van der Waals surface area contributed by atoms with Gasteiger partial charge in [-0.2, -0.15) is 0 Å². The van der Waals surface area contributed by atoms with E-state index in [4.69, 9.17) is 5.73 Å². The van der Waals surface area contributed by atoms with Crippen LogP contribution < -0.4 is 10.6 Å². The molecule has 1 aromatic carbocycles. The van der Waals surface area contributed by atoms with Crippen LogP contribution in [-0.2, 0) is 0 Å². The summed E-state index contributed by atoms with van der Waals surface area (Å²) in [6, 6.07) is 8.95. The van der Waals surface area contributed by atoms with Gasteiger partial charge in [-0.25, -0.2) is 0 Å². The van der Waals surface area contributed by atoms with Crippen molar-refractivity contribution in [1.29, 1.82) is 0 Å². The van der Waals surface area contributed by atoms with E-state index < -0.39 is 0 Å².